The number of amides is 1. The molecule has 0 atom stereocenters. The lowest BCUT2D eigenvalue weighted by atomic mass is 9.99. The average molecular weight is 406 g/mol. The average Bonchev–Trinajstić information content (AvgIpc) is 2.74. The second kappa shape index (κ2) is 7.89. The van der Waals surface area contributed by atoms with Gasteiger partial charge >= 0.3 is 5.69 Å². The second-order valence-electron chi connectivity index (χ2n) is 8.05. The standard InChI is InChI=1S/C23H26N4O3/c1-4-11-27-20-19(21(28)25-23(27)30)16(13-17(24-20)14(2)3)22(29)26-12-7-9-15-8-5-6-10-18(15)26/h5-6,8,10,13-14H,4,7,9,11-12H2,1-3H3,(H,25,28,30). The van der Waals surface area contributed by atoms with Crippen LogP contribution in [0.3, 0.4) is 0 Å². The van der Waals surface area contributed by atoms with Crippen LogP contribution in [0.4, 0.5) is 5.69 Å². The van der Waals surface area contributed by atoms with E-state index in [1.54, 1.807) is 11.0 Å². The van der Waals surface area contributed by atoms with Gasteiger partial charge in [-0.25, -0.2) is 9.78 Å². The minimum Gasteiger partial charge on any atom is -0.308 e. The number of aryl methyl sites for hydroxylation is 2. The molecule has 1 aliphatic rings. The van der Waals surface area contributed by atoms with Crippen molar-refractivity contribution in [3.63, 3.8) is 0 Å². The van der Waals surface area contributed by atoms with Crippen LogP contribution in [0.2, 0.25) is 0 Å². The van der Waals surface area contributed by atoms with Gasteiger partial charge in [-0.1, -0.05) is 39.0 Å². The molecule has 0 radical (unpaired) electrons. The maximum Gasteiger partial charge on any atom is 0.329 e. The number of hydrogen-bond donors (Lipinski definition) is 1. The Morgan fingerprint density at radius 3 is 2.73 bits per heavy atom. The normalized spacial score (nSPS) is 13.7. The number of anilines is 1. The molecule has 156 valence electrons. The number of aromatic amines is 1. The maximum atomic E-state index is 13.7. The van der Waals surface area contributed by atoms with Crippen molar-refractivity contribution in [2.45, 2.75) is 52.5 Å². The Balaban J connectivity index is 1.99. The van der Waals surface area contributed by atoms with Gasteiger partial charge in [-0.2, -0.15) is 0 Å². The van der Waals surface area contributed by atoms with Crippen molar-refractivity contribution in [2.75, 3.05) is 11.4 Å². The van der Waals surface area contributed by atoms with E-state index < -0.39 is 11.2 Å². The number of H-pyrrole nitrogens is 1. The molecule has 4 rings (SSSR count). The molecule has 2 aromatic heterocycles. The van der Waals surface area contributed by atoms with Crippen molar-refractivity contribution >= 4 is 22.6 Å². The largest absolute Gasteiger partial charge is 0.329 e. The zero-order valence-corrected chi connectivity index (χ0v) is 17.6. The number of nitrogens with zero attached hydrogens (tertiary/aromatic N) is 3. The molecule has 7 nitrogen and oxygen atoms in total. The van der Waals surface area contributed by atoms with E-state index in [1.807, 2.05) is 45.0 Å². The number of para-hydroxylation sites is 1. The highest BCUT2D eigenvalue weighted by Crippen LogP contribution is 2.30. The van der Waals surface area contributed by atoms with E-state index in [4.69, 9.17) is 0 Å². The van der Waals surface area contributed by atoms with Gasteiger partial charge in [0.2, 0.25) is 0 Å². The van der Waals surface area contributed by atoms with Crippen molar-refractivity contribution < 1.29 is 4.79 Å². The summed E-state index contributed by atoms with van der Waals surface area (Å²) in [5.41, 5.74) is 2.20. The molecular formula is C23H26N4O3. The minimum atomic E-state index is -0.571. The monoisotopic (exact) mass is 406 g/mol. The number of fused-ring (bicyclic) bond motifs is 2. The topological polar surface area (TPSA) is 88.1 Å². The first kappa shape index (κ1) is 20.1. The third-order valence-corrected chi connectivity index (χ3v) is 5.59. The van der Waals surface area contributed by atoms with E-state index >= 15 is 0 Å². The van der Waals surface area contributed by atoms with Crippen molar-refractivity contribution in [2.24, 2.45) is 0 Å². The fraction of sp³-hybridized carbons (Fsp3) is 0.391. The molecule has 0 spiro atoms. The van der Waals surface area contributed by atoms with Gasteiger partial charge in [-0.05, 0) is 42.9 Å². The third kappa shape index (κ3) is 3.34. The summed E-state index contributed by atoms with van der Waals surface area (Å²) in [5, 5.41) is 0.181. The molecule has 3 heterocycles. The number of carbonyl (C=O) groups excluding carboxylic acids is 1. The number of hydrogen-bond acceptors (Lipinski definition) is 4. The lowest BCUT2D eigenvalue weighted by Gasteiger charge is -2.30. The highest BCUT2D eigenvalue weighted by molar-refractivity contribution is 6.13. The minimum absolute atomic E-state index is 0.0408. The molecule has 1 aliphatic heterocycles. The SMILES string of the molecule is CCCn1c(=O)[nH]c(=O)c2c(C(=O)N3CCCc4ccccc43)cc(C(C)C)nc21. The quantitative estimate of drug-likeness (QED) is 0.721. The van der Waals surface area contributed by atoms with Crippen LogP contribution in [0.1, 0.15) is 61.1 Å². The molecule has 30 heavy (non-hydrogen) atoms. The Labute approximate surface area is 174 Å². The number of benzene rings is 1. The number of nitrogens with one attached hydrogen (secondary N) is 1. The predicted octanol–water partition coefficient (Wildman–Crippen LogP) is 3.21. The molecule has 0 saturated heterocycles. The van der Waals surface area contributed by atoms with Gasteiger partial charge in [0.15, 0.2) is 5.65 Å². The summed E-state index contributed by atoms with van der Waals surface area (Å²) in [7, 11) is 0. The first-order chi connectivity index (χ1) is 14.4. The third-order valence-electron chi connectivity index (χ3n) is 5.59. The van der Waals surface area contributed by atoms with Crippen LogP contribution >= 0.6 is 0 Å². The molecule has 0 fully saturated rings. The lowest BCUT2D eigenvalue weighted by molar-refractivity contribution is 0.0986. The van der Waals surface area contributed by atoms with Gasteiger partial charge in [-0.3, -0.25) is 19.1 Å². The van der Waals surface area contributed by atoms with E-state index in [2.05, 4.69) is 9.97 Å². The van der Waals surface area contributed by atoms with Crippen LogP contribution in [0.15, 0.2) is 39.9 Å². The summed E-state index contributed by atoms with van der Waals surface area (Å²) in [4.78, 5) is 47.7. The van der Waals surface area contributed by atoms with Gasteiger partial charge in [0.05, 0.1) is 10.9 Å². The predicted molar refractivity (Wildman–Crippen MR) is 117 cm³/mol. The molecule has 1 aromatic carbocycles. The van der Waals surface area contributed by atoms with Crippen molar-refractivity contribution in [3.8, 4) is 0 Å². The summed E-state index contributed by atoms with van der Waals surface area (Å²) < 4.78 is 1.46. The Morgan fingerprint density at radius 2 is 2.00 bits per heavy atom. The summed E-state index contributed by atoms with van der Waals surface area (Å²) in [6.45, 7) is 6.92. The summed E-state index contributed by atoms with van der Waals surface area (Å²) in [5.74, 6) is -0.192. The summed E-state index contributed by atoms with van der Waals surface area (Å²) in [6, 6.07) is 9.57. The van der Waals surface area contributed by atoms with E-state index in [-0.39, 0.29) is 22.9 Å². The Morgan fingerprint density at radius 1 is 1.23 bits per heavy atom. The first-order valence-corrected chi connectivity index (χ1v) is 10.5. The van der Waals surface area contributed by atoms with Crippen LogP contribution in [-0.2, 0) is 13.0 Å². The molecule has 7 heteroatoms. The van der Waals surface area contributed by atoms with E-state index in [1.165, 1.54) is 4.57 Å². The van der Waals surface area contributed by atoms with Gasteiger partial charge in [-0.15, -0.1) is 0 Å². The van der Waals surface area contributed by atoms with Gasteiger partial charge in [0, 0.05) is 24.5 Å². The van der Waals surface area contributed by atoms with E-state index in [0.29, 0.717) is 30.8 Å². The fourth-order valence-corrected chi connectivity index (χ4v) is 4.08. The second-order valence-corrected chi connectivity index (χ2v) is 8.05. The summed E-state index contributed by atoms with van der Waals surface area (Å²) in [6.07, 6.45) is 2.49. The molecule has 0 unspecified atom stereocenters. The van der Waals surface area contributed by atoms with Gasteiger partial charge in [0.25, 0.3) is 11.5 Å². The van der Waals surface area contributed by atoms with Crippen LogP contribution in [0.25, 0.3) is 11.0 Å². The molecular weight excluding hydrogens is 380 g/mol. The molecule has 0 aliphatic carbocycles. The highest BCUT2D eigenvalue weighted by atomic mass is 16.2. The smallest absolute Gasteiger partial charge is 0.308 e. The molecule has 1 N–H and O–H groups in total. The van der Waals surface area contributed by atoms with Crippen LogP contribution in [0, 0.1) is 0 Å². The van der Waals surface area contributed by atoms with E-state index in [9.17, 15) is 14.4 Å². The maximum absolute atomic E-state index is 13.7. The number of rotatable bonds is 4. The van der Waals surface area contributed by atoms with Crippen molar-refractivity contribution in [1.29, 1.82) is 0 Å². The number of carbonyl (C=O) groups is 1. The highest BCUT2D eigenvalue weighted by Gasteiger charge is 2.27. The lowest BCUT2D eigenvalue weighted by Crippen LogP contribution is -2.37. The van der Waals surface area contributed by atoms with Crippen LogP contribution < -0.4 is 16.1 Å². The molecule has 0 bridgehead atoms. The van der Waals surface area contributed by atoms with Crippen molar-refractivity contribution in [1.82, 2.24) is 14.5 Å². The number of aromatic nitrogens is 3. The molecule has 3 aromatic rings. The van der Waals surface area contributed by atoms with Crippen LogP contribution in [-0.4, -0.2) is 27.0 Å². The Bertz CT molecular complexity index is 1240. The van der Waals surface area contributed by atoms with E-state index in [0.717, 1.165) is 24.1 Å². The van der Waals surface area contributed by atoms with Crippen molar-refractivity contribution in [3.05, 3.63) is 68.0 Å². The Kier molecular flexibility index (Phi) is 5.28. The zero-order valence-electron chi connectivity index (χ0n) is 17.6. The molecule has 0 saturated carbocycles. The van der Waals surface area contributed by atoms with Gasteiger partial charge in [0.1, 0.15) is 0 Å². The zero-order chi connectivity index (χ0) is 21.4. The number of pyridine rings is 1. The Hall–Kier alpha value is -3.22. The molecule has 1 amide bonds. The fourth-order valence-electron chi connectivity index (χ4n) is 4.08. The first-order valence-electron chi connectivity index (χ1n) is 10.5. The van der Waals surface area contributed by atoms with Gasteiger partial charge < -0.3 is 4.90 Å². The summed E-state index contributed by atoms with van der Waals surface area (Å²) >= 11 is 0. The van der Waals surface area contributed by atoms with Crippen LogP contribution in [0.5, 0.6) is 0 Å².